The van der Waals surface area contributed by atoms with E-state index in [4.69, 9.17) is 23.2 Å². The molecule has 0 aromatic carbocycles. The first-order valence-electron chi connectivity index (χ1n) is 7.50. The van der Waals surface area contributed by atoms with Crippen LogP contribution in [0.2, 0.25) is 0 Å². The number of carbonyl (C=O) groups is 1. The van der Waals surface area contributed by atoms with E-state index in [2.05, 4.69) is 4.98 Å². The molecule has 1 aromatic heterocycles. The number of hydrogen-bond acceptors (Lipinski definition) is 3. The van der Waals surface area contributed by atoms with Crippen LogP contribution in [0.15, 0.2) is 18.3 Å². The molecule has 1 amide bonds. The van der Waals surface area contributed by atoms with Crippen LogP contribution in [0.1, 0.15) is 18.9 Å². The Labute approximate surface area is 147 Å². The predicted molar refractivity (Wildman–Crippen MR) is 85.2 cm³/mol. The van der Waals surface area contributed by atoms with Crippen molar-refractivity contribution >= 4 is 34.9 Å². The summed E-state index contributed by atoms with van der Waals surface area (Å²) in [5, 5.41) is 0. The molecule has 0 radical (unpaired) electrons. The molecule has 1 unspecified atom stereocenters. The number of pyridine rings is 1. The van der Waals surface area contributed by atoms with Gasteiger partial charge >= 0.3 is 6.18 Å². The summed E-state index contributed by atoms with van der Waals surface area (Å²) in [5.41, 5.74) is -1.52. The Hall–Kier alpha value is -1.21. The maximum absolute atomic E-state index is 12.6. The zero-order valence-electron chi connectivity index (χ0n) is 12.9. The number of anilines is 1. The maximum Gasteiger partial charge on any atom is 0.417 e. The molecular formula is C15H16Cl2F3N3O. The first-order valence-corrected chi connectivity index (χ1v) is 8.26. The number of alkyl halides is 5. The molecule has 4 nitrogen and oxygen atoms in total. The average molecular weight is 382 g/mol. The molecule has 1 atom stereocenters. The van der Waals surface area contributed by atoms with E-state index in [0.717, 1.165) is 12.3 Å². The zero-order valence-corrected chi connectivity index (χ0v) is 14.4. The molecule has 0 spiro atoms. The Kier molecular flexibility index (Phi) is 4.15. The Morgan fingerprint density at radius 1 is 1.21 bits per heavy atom. The lowest BCUT2D eigenvalue weighted by atomic mass is 10.1. The molecule has 24 heavy (non-hydrogen) atoms. The number of rotatable bonds is 2. The smallest absolute Gasteiger partial charge is 0.353 e. The number of hydrogen-bond donors (Lipinski definition) is 0. The van der Waals surface area contributed by atoms with Crippen LogP contribution in [0.4, 0.5) is 19.0 Å². The molecule has 1 saturated carbocycles. The Bertz CT molecular complexity index is 642. The van der Waals surface area contributed by atoms with Crippen LogP contribution in [0, 0.1) is 5.41 Å². The van der Waals surface area contributed by atoms with Crippen LogP contribution in [0.25, 0.3) is 0 Å². The summed E-state index contributed by atoms with van der Waals surface area (Å²) < 4.78 is 36.7. The van der Waals surface area contributed by atoms with Crippen molar-refractivity contribution in [1.82, 2.24) is 9.88 Å². The van der Waals surface area contributed by atoms with Gasteiger partial charge in [0.2, 0.25) is 5.91 Å². The van der Waals surface area contributed by atoms with Gasteiger partial charge in [-0.05, 0) is 25.5 Å². The zero-order chi connectivity index (χ0) is 17.8. The third-order valence-electron chi connectivity index (χ3n) is 4.70. The van der Waals surface area contributed by atoms with Crippen molar-refractivity contribution in [1.29, 1.82) is 0 Å². The quantitative estimate of drug-likeness (QED) is 0.737. The molecule has 0 N–H and O–H groups in total. The Balaban J connectivity index is 1.60. The van der Waals surface area contributed by atoms with Crippen LogP contribution in [0.5, 0.6) is 0 Å². The van der Waals surface area contributed by atoms with Gasteiger partial charge in [-0.3, -0.25) is 4.79 Å². The van der Waals surface area contributed by atoms with E-state index in [1.54, 1.807) is 11.8 Å². The van der Waals surface area contributed by atoms with Crippen molar-refractivity contribution < 1.29 is 18.0 Å². The van der Waals surface area contributed by atoms with E-state index in [0.29, 0.717) is 38.4 Å². The molecule has 1 aliphatic heterocycles. The van der Waals surface area contributed by atoms with Crippen molar-refractivity contribution in [2.75, 3.05) is 31.1 Å². The summed E-state index contributed by atoms with van der Waals surface area (Å²) in [6, 6.07) is 2.37. The molecular weight excluding hydrogens is 366 g/mol. The van der Waals surface area contributed by atoms with Gasteiger partial charge in [0, 0.05) is 32.4 Å². The van der Waals surface area contributed by atoms with E-state index in [-0.39, 0.29) is 5.91 Å². The van der Waals surface area contributed by atoms with Gasteiger partial charge in [0.05, 0.1) is 11.0 Å². The van der Waals surface area contributed by atoms with Gasteiger partial charge in [0.1, 0.15) is 10.2 Å². The van der Waals surface area contributed by atoms with Crippen LogP contribution in [-0.2, 0) is 11.0 Å². The van der Waals surface area contributed by atoms with Crippen molar-refractivity contribution in [3.63, 3.8) is 0 Å². The van der Waals surface area contributed by atoms with E-state index in [1.807, 2.05) is 4.90 Å². The van der Waals surface area contributed by atoms with Crippen molar-refractivity contribution in [3.05, 3.63) is 23.9 Å². The van der Waals surface area contributed by atoms with Gasteiger partial charge in [-0.1, -0.05) is 0 Å². The molecule has 2 heterocycles. The summed E-state index contributed by atoms with van der Waals surface area (Å²) in [6.45, 7) is 3.66. The molecule has 132 valence electrons. The third-order valence-corrected chi connectivity index (χ3v) is 5.80. The predicted octanol–water partition coefficient (Wildman–Crippen LogP) is 3.33. The third kappa shape index (κ3) is 3.04. The minimum Gasteiger partial charge on any atom is -0.353 e. The highest BCUT2D eigenvalue weighted by molar-refractivity contribution is 6.53. The number of aromatic nitrogens is 1. The number of halogens is 5. The fraction of sp³-hybridized carbons (Fsp3) is 0.600. The Morgan fingerprint density at radius 3 is 2.21 bits per heavy atom. The van der Waals surface area contributed by atoms with Gasteiger partial charge in [-0.25, -0.2) is 4.98 Å². The van der Waals surface area contributed by atoms with E-state index in [1.165, 1.54) is 6.07 Å². The number of amides is 1. The Morgan fingerprint density at radius 2 is 1.79 bits per heavy atom. The van der Waals surface area contributed by atoms with Crippen LogP contribution in [0.3, 0.4) is 0 Å². The maximum atomic E-state index is 12.6. The molecule has 3 rings (SSSR count). The molecule has 0 bridgehead atoms. The van der Waals surface area contributed by atoms with Gasteiger partial charge < -0.3 is 9.80 Å². The first-order chi connectivity index (χ1) is 11.0. The van der Waals surface area contributed by atoms with E-state index >= 15 is 0 Å². The van der Waals surface area contributed by atoms with E-state index in [9.17, 15) is 18.0 Å². The van der Waals surface area contributed by atoms with E-state index < -0.39 is 21.5 Å². The molecule has 1 aliphatic carbocycles. The summed E-state index contributed by atoms with van der Waals surface area (Å²) in [7, 11) is 0. The molecule has 2 fully saturated rings. The minimum atomic E-state index is -4.40. The second kappa shape index (κ2) is 5.66. The summed E-state index contributed by atoms with van der Waals surface area (Å²) >= 11 is 12.1. The summed E-state index contributed by atoms with van der Waals surface area (Å²) in [4.78, 5) is 19.9. The minimum absolute atomic E-state index is 0.0764. The largest absolute Gasteiger partial charge is 0.417 e. The van der Waals surface area contributed by atoms with Crippen molar-refractivity contribution in [3.8, 4) is 0 Å². The first kappa shape index (κ1) is 17.6. The second-order valence-corrected chi connectivity index (χ2v) is 7.88. The van der Waals surface area contributed by atoms with Crippen LogP contribution in [-0.4, -0.2) is 46.3 Å². The fourth-order valence-corrected chi connectivity index (χ4v) is 3.56. The summed E-state index contributed by atoms with van der Waals surface area (Å²) in [6.07, 6.45) is -3.14. The van der Waals surface area contributed by atoms with Gasteiger partial charge in [-0.2, -0.15) is 13.2 Å². The topological polar surface area (TPSA) is 36.4 Å². The highest BCUT2D eigenvalue weighted by Gasteiger charge is 2.68. The monoisotopic (exact) mass is 381 g/mol. The van der Waals surface area contributed by atoms with Crippen molar-refractivity contribution in [2.45, 2.75) is 23.9 Å². The SMILES string of the molecule is CC1(C(=O)N2CCN(c3ccc(C(F)(F)F)cn3)CC2)CC1(Cl)Cl. The van der Waals surface area contributed by atoms with Gasteiger partial charge in [0.25, 0.3) is 0 Å². The number of carbonyl (C=O) groups excluding carboxylic acids is 1. The van der Waals surface area contributed by atoms with Crippen LogP contribution < -0.4 is 4.90 Å². The molecule has 9 heteroatoms. The lowest BCUT2D eigenvalue weighted by Crippen LogP contribution is -2.51. The van der Waals surface area contributed by atoms with Crippen LogP contribution >= 0.6 is 23.2 Å². The second-order valence-electron chi connectivity index (χ2n) is 6.40. The van der Waals surface area contributed by atoms with Gasteiger partial charge in [-0.15, -0.1) is 23.2 Å². The molecule has 1 saturated heterocycles. The van der Waals surface area contributed by atoms with Gasteiger partial charge in [0.15, 0.2) is 0 Å². The normalized spacial score (nSPS) is 26.4. The highest BCUT2D eigenvalue weighted by Crippen LogP contribution is 2.64. The lowest BCUT2D eigenvalue weighted by molar-refractivity contribution is -0.138. The number of piperazine rings is 1. The number of nitrogens with zero attached hydrogens (tertiary/aromatic N) is 3. The molecule has 2 aliphatic rings. The lowest BCUT2D eigenvalue weighted by Gasteiger charge is -2.37. The molecule has 1 aromatic rings. The standard InChI is InChI=1S/C15H16Cl2F3N3O/c1-13(9-14(13,16)17)12(24)23-6-4-22(5-7-23)11-3-2-10(8-21-11)15(18,19)20/h2-3,8H,4-7,9H2,1H3. The highest BCUT2D eigenvalue weighted by atomic mass is 35.5. The average Bonchev–Trinajstić information content (AvgIpc) is 3.05. The summed E-state index contributed by atoms with van der Waals surface area (Å²) in [5.74, 6) is 0.393. The van der Waals surface area contributed by atoms with Crippen molar-refractivity contribution in [2.24, 2.45) is 5.41 Å². The fourth-order valence-electron chi connectivity index (χ4n) is 2.86.